The van der Waals surface area contributed by atoms with Crippen molar-refractivity contribution in [1.29, 1.82) is 5.26 Å². The maximum absolute atomic E-state index is 11.3. The van der Waals surface area contributed by atoms with Crippen LogP contribution in [0, 0.1) is 28.4 Å². The van der Waals surface area contributed by atoms with Gasteiger partial charge >= 0.3 is 0 Å². The summed E-state index contributed by atoms with van der Waals surface area (Å²) in [4.78, 5) is 21.3. The van der Waals surface area contributed by atoms with Gasteiger partial charge in [0.15, 0.2) is 5.78 Å². The van der Waals surface area contributed by atoms with Crippen molar-refractivity contribution in [3.63, 3.8) is 0 Å². The number of nitrogens with zero attached hydrogens (tertiary/aromatic N) is 2. The maximum Gasteiger partial charge on any atom is 0.288 e. The van der Waals surface area contributed by atoms with E-state index in [9.17, 15) is 14.9 Å². The number of hydrogen-bond acceptors (Lipinski definition) is 4. The van der Waals surface area contributed by atoms with E-state index in [1.165, 1.54) is 13.0 Å². The Labute approximate surface area is 96.4 Å². The molecule has 0 unspecified atom stereocenters. The number of benzene rings is 1. The van der Waals surface area contributed by atoms with Gasteiger partial charge in [-0.3, -0.25) is 14.9 Å². The Kier molecular flexibility index (Phi) is 3.59. The second-order valence-corrected chi connectivity index (χ2v) is 3.38. The number of nitro benzene ring substituents is 1. The van der Waals surface area contributed by atoms with Crippen LogP contribution in [0.2, 0.25) is 0 Å². The average Bonchev–Trinajstić information content (AvgIpc) is 2.26. The van der Waals surface area contributed by atoms with Crippen molar-refractivity contribution >= 4 is 23.1 Å². The van der Waals surface area contributed by atoms with Crippen molar-refractivity contribution in [3.05, 3.63) is 38.9 Å². The van der Waals surface area contributed by atoms with Crippen LogP contribution in [0.25, 0.3) is 0 Å². The molecule has 0 spiro atoms. The van der Waals surface area contributed by atoms with Gasteiger partial charge in [-0.15, -0.1) is 11.6 Å². The molecule has 0 radical (unpaired) electrons. The summed E-state index contributed by atoms with van der Waals surface area (Å²) >= 11 is 5.36. The summed E-state index contributed by atoms with van der Waals surface area (Å²) in [6, 6.07) is 4.25. The molecule has 0 aliphatic heterocycles. The van der Waals surface area contributed by atoms with Crippen molar-refractivity contribution in [2.45, 2.75) is 6.92 Å². The SMILES string of the molecule is Cc1cc(C(=O)CCl)cc([N+](=O)[O-])c1C#N. The highest BCUT2D eigenvalue weighted by Crippen LogP contribution is 2.23. The summed E-state index contributed by atoms with van der Waals surface area (Å²) in [5.41, 5.74) is 0.149. The Balaban J connectivity index is 3.47. The third-order valence-corrected chi connectivity index (χ3v) is 2.31. The van der Waals surface area contributed by atoms with Gasteiger partial charge in [-0.05, 0) is 18.6 Å². The molecule has 0 saturated carbocycles. The van der Waals surface area contributed by atoms with Gasteiger partial charge in [0.25, 0.3) is 5.69 Å². The molecule has 0 N–H and O–H groups in total. The Morgan fingerprint density at radius 1 is 1.62 bits per heavy atom. The number of rotatable bonds is 3. The number of ketones is 1. The number of Topliss-reactive ketones (excluding diaryl/α,β-unsaturated/α-hetero) is 1. The molecule has 1 aromatic carbocycles. The third kappa shape index (κ3) is 2.18. The van der Waals surface area contributed by atoms with Crippen molar-refractivity contribution < 1.29 is 9.72 Å². The highest BCUT2D eigenvalue weighted by Gasteiger charge is 2.19. The van der Waals surface area contributed by atoms with Crippen LogP contribution in [0.4, 0.5) is 5.69 Å². The summed E-state index contributed by atoms with van der Waals surface area (Å²) in [7, 11) is 0. The molecule has 0 aliphatic rings. The highest BCUT2D eigenvalue weighted by atomic mass is 35.5. The van der Waals surface area contributed by atoms with E-state index in [1.807, 2.05) is 0 Å². The topological polar surface area (TPSA) is 84.0 Å². The van der Waals surface area contributed by atoms with E-state index in [1.54, 1.807) is 6.07 Å². The number of halogens is 1. The summed E-state index contributed by atoms with van der Waals surface area (Å²) < 4.78 is 0. The van der Waals surface area contributed by atoms with Crippen LogP contribution in [0.5, 0.6) is 0 Å². The molecule has 0 saturated heterocycles. The Morgan fingerprint density at radius 3 is 2.69 bits per heavy atom. The second-order valence-electron chi connectivity index (χ2n) is 3.11. The van der Waals surface area contributed by atoms with Gasteiger partial charge in [0.2, 0.25) is 0 Å². The quantitative estimate of drug-likeness (QED) is 0.350. The summed E-state index contributed by atoms with van der Waals surface area (Å²) in [5, 5.41) is 19.5. The molecule has 1 aromatic rings. The van der Waals surface area contributed by atoms with Crippen LogP contribution >= 0.6 is 11.6 Å². The third-order valence-electron chi connectivity index (χ3n) is 2.07. The number of carbonyl (C=O) groups is 1. The largest absolute Gasteiger partial charge is 0.293 e. The Morgan fingerprint density at radius 2 is 2.25 bits per heavy atom. The first-order valence-electron chi connectivity index (χ1n) is 4.29. The molecule has 82 valence electrons. The summed E-state index contributed by atoms with van der Waals surface area (Å²) in [6.07, 6.45) is 0. The van der Waals surface area contributed by atoms with Gasteiger partial charge < -0.3 is 0 Å². The van der Waals surface area contributed by atoms with E-state index in [0.29, 0.717) is 5.56 Å². The first kappa shape index (κ1) is 12.1. The van der Waals surface area contributed by atoms with E-state index in [2.05, 4.69) is 0 Å². The van der Waals surface area contributed by atoms with E-state index >= 15 is 0 Å². The molecule has 5 nitrogen and oxygen atoms in total. The molecule has 0 aliphatic carbocycles. The molecule has 0 amide bonds. The van der Waals surface area contributed by atoms with Gasteiger partial charge in [0, 0.05) is 11.6 Å². The lowest BCUT2D eigenvalue weighted by atomic mass is 10.0. The first-order valence-corrected chi connectivity index (χ1v) is 4.83. The number of nitriles is 1. The monoisotopic (exact) mass is 238 g/mol. The van der Waals surface area contributed by atoms with Crippen molar-refractivity contribution in [3.8, 4) is 6.07 Å². The average molecular weight is 239 g/mol. The summed E-state index contributed by atoms with van der Waals surface area (Å²) in [5.74, 6) is -0.653. The molecule has 0 fully saturated rings. The fourth-order valence-electron chi connectivity index (χ4n) is 1.30. The standard InChI is InChI=1S/C10H7ClN2O3/c1-6-2-7(10(14)4-11)3-9(13(15)16)8(6)5-12/h2-3H,4H2,1H3. The Bertz CT molecular complexity index is 506. The molecule has 0 bridgehead atoms. The van der Waals surface area contributed by atoms with Crippen LogP contribution < -0.4 is 0 Å². The van der Waals surface area contributed by atoms with E-state index in [4.69, 9.17) is 16.9 Å². The van der Waals surface area contributed by atoms with Crippen LogP contribution in [0.3, 0.4) is 0 Å². The number of hydrogen-bond donors (Lipinski definition) is 0. The molecule has 0 atom stereocenters. The Hall–Kier alpha value is -1.93. The molecular weight excluding hydrogens is 232 g/mol. The zero-order valence-electron chi connectivity index (χ0n) is 8.36. The van der Waals surface area contributed by atoms with Gasteiger partial charge in [-0.25, -0.2) is 0 Å². The smallest absolute Gasteiger partial charge is 0.288 e. The van der Waals surface area contributed by atoms with Crippen molar-refractivity contribution in [2.24, 2.45) is 0 Å². The van der Waals surface area contributed by atoms with E-state index < -0.39 is 10.7 Å². The minimum atomic E-state index is -0.684. The lowest BCUT2D eigenvalue weighted by Crippen LogP contribution is -2.04. The van der Waals surface area contributed by atoms with Crippen LogP contribution in [-0.4, -0.2) is 16.6 Å². The molecule has 0 aromatic heterocycles. The van der Waals surface area contributed by atoms with E-state index in [0.717, 1.165) is 6.07 Å². The first-order chi connectivity index (χ1) is 7.51. The molecule has 0 heterocycles. The fraction of sp³-hybridized carbons (Fsp3) is 0.200. The molecule has 16 heavy (non-hydrogen) atoms. The van der Waals surface area contributed by atoms with Crippen LogP contribution in [-0.2, 0) is 0 Å². The van der Waals surface area contributed by atoms with Crippen molar-refractivity contribution in [2.75, 3.05) is 5.88 Å². The van der Waals surface area contributed by atoms with E-state index in [-0.39, 0.29) is 22.7 Å². The van der Waals surface area contributed by atoms with Crippen LogP contribution in [0.1, 0.15) is 21.5 Å². The van der Waals surface area contributed by atoms with Gasteiger partial charge in [-0.2, -0.15) is 5.26 Å². The van der Waals surface area contributed by atoms with Gasteiger partial charge in [-0.1, -0.05) is 0 Å². The zero-order valence-corrected chi connectivity index (χ0v) is 9.11. The van der Waals surface area contributed by atoms with Gasteiger partial charge in [0.05, 0.1) is 10.8 Å². The number of aryl methyl sites for hydroxylation is 1. The number of nitro groups is 1. The van der Waals surface area contributed by atoms with Gasteiger partial charge in [0.1, 0.15) is 11.6 Å². The predicted molar refractivity (Wildman–Crippen MR) is 57.6 cm³/mol. The maximum atomic E-state index is 11.3. The zero-order chi connectivity index (χ0) is 12.3. The normalized spacial score (nSPS) is 9.56. The molecule has 1 rings (SSSR count). The lowest BCUT2D eigenvalue weighted by Gasteiger charge is -2.02. The predicted octanol–water partition coefficient (Wildman–Crippen LogP) is 2.20. The minimum absolute atomic E-state index is 0.0314. The highest BCUT2D eigenvalue weighted by molar-refractivity contribution is 6.30. The fourth-order valence-corrected chi connectivity index (χ4v) is 1.45. The van der Waals surface area contributed by atoms with Crippen LogP contribution in [0.15, 0.2) is 12.1 Å². The van der Waals surface area contributed by atoms with Crippen molar-refractivity contribution in [1.82, 2.24) is 0 Å². The number of alkyl halides is 1. The second kappa shape index (κ2) is 4.73. The molecule has 6 heteroatoms. The number of carbonyl (C=O) groups excluding carboxylic acids is 1. The summed E-state index contributed by atoms with van der Waals surface area (Å²) in [6.45, 7) is 1.54. The lowest BCUT2D eigenvalue weighted by molar-refractivity contribution is -0.385. The minimum Gasteiger partial charge on any atom is -0.293 e. The molecular formula is C10H7ClN2O3.